The number of nitrogens with zero attached hydrogens (tertiary/aromatic N) is 4. The molecular weight excluding hydrogens is 504 g/mol. The lowest BCUT2D eigenvalue weighted by atomic mass is 10.1. The molecule has 12 heteroatoms. The van der Waals surface area contributed by atoms with Crippen LogP contribution in [0.5, 0.6) is 0 Å². The predicted octanol–water partition coefficient (Wildman–Crippen LogP) is 3.35. The second-order valence-electron chi connectivity index (χ2n) is 8.53. The van der Waals surface area contributed by atoms with E-state index < -0.39 is 10.8 Å². The summed E-state index contributed by atoms with van der Waals surface area (Å²) in [7, 11) is 0. The molecule has 0 spiro atoms. The summed E-state index contributed by atoms with van der Waals surface area (Å²) in [6, 6.07) is 9.93. The molecule has 0 unspecified atom stereocenters. The van der Waals surface area contributed by atoms with Gasteiger partial charge < -0.3 is 24.8 Å². The van der Waals surface area contributed by atoms with Crippen LogP contribution < -0.4 is 20.4 Å². The van der Waals surface area contributed by atoms with E-state index in [1.807, 2.05) is 23.1 Å². The van der Waals surface area contributed by atoms with Crippen LogP contribution in [0.15, 0.2) is 36.4 Å². The number of nitro groups is 1. The Labute approximate surface area is 220 Å². The van der Waals surface area contributed by atoms with Gasteiger partial charge in [-0.1, -0.05) is 24.6 Å². The Balaban J connectivity index is 1.46. The Hall–Kier alpha value is -2.99. The summed E-state index contributed by atoms with van der Waals surface area (Å²) < 4.78 is 5.33. The number of anilines is 3. The van der Waals surface area contributed by atoms with Crippen molar-refractivity contribution in [2.75, 3.05) is 74.1 Å². The van der Waals surface area contributed by atoms with Crippen molar-refractivity contribution in [2.24, 2.45) is 0 Å². The van der Waals surface area contributed by atoms with Gasteiger partial charge in [-0.25, -0.2) is 0 Å². The van der Waals surface area contributed by atoms with E-state index in [9.17, 15) is 14.9 Å². The van der Waals surface area contributed by atoms with Crippen LogP contribution in [0.1, 0.15) is 17.3 Å². The molecule has 2 aromatic rings. The van der Waals surface area contributed by atoms with Gasteiger partial charge in [0.25, 0.3) is 11.6 Å². The molecule has 1 amide bonds. The number of ether oxygens (including phenoxy) is 1. The van der Waals surface area contributed by atoms with Crippen molar-refractivity contribution in [2.45, 2.75) is 6.92 Å². The number of rotatable bonds is 6. The van der Waals surface area contributed by atoms with Crippen LogP contribution in [0.25, 0.3) is 0 Å². The number of morpholine rings is 1. The first-order valence-electron chi connectivity index (χ1n) is 11.9. The molecule has 2 fully saturated rings. The number of amides is 1. The quantitative estimate of drug-likeness (QED) is 0.329. The standard InChI is InChI=1S/C24H29ClN6O4S/c1-2-28-8-10-30(11-9-28)22-18(25)4-3-5-19(22)26-24(36)27-23(32)17-6-7-20(21(16-17)31(33)34)29-12-14-35-15-13-29/h3-7,16H,2,8-15H2,1H3,(H2,26,27,32,36). The second kappa shape index (κ2) is 11.8. The monoisotopic (exact) mass is 532 g/mol. The van der Waals surface area contributed by atoms with Gasteiger partial charge in [-0.05, 0) is 43.0 Å². The number of piperazine rings is 1. The third-order valence-electron chi connectivity index (χ3n) is 6.38. The van der Waals surface area contributed by atoms with E-state index in [0.717, 1.165) is 38.4 Å². The van der Waals surface area contributed by atoms with Gasteiger partial charge in [-0.15, -0.1) is 0 Å². The average Bonchev–Trinajstić information content (AvgIpc) is 2.89. The molecule has 2 N–H and O–H groups in total. The third kappa shape index (κ3) is 6.04. The smallest absolute Gasteiger partial charge is 0.293 e. The minimum Gasteiger partial charge on any atom is -0.378 e. The van der Waals surface area contributed by atoms with Crippen molar-refractivity contribution < 1.29 is 14.5 Å². The summed E-state index contributed by atoms with van der Waals surface area (Å²) in [6.07, 6.45) is 0. The zero-order chi connectivity index (χ0) is 25.7. The fourth-order valence-corrected chi connectivity index (χ4v) is 4.93. The van der Waals surface area contributed by atoms with Gasteiger partial charge >= 0.3 is 0 Å². The highest BCUT2D eigenvalue weighted by molar-refractivity contribution is 7.80. The largest absolute Gasteiger partial charge is 0.378 e. The molecule has 192 valence electrons. The van der Waals surface area contributed by atoms with Gasteiger partial charge in [0.2, 0.25) is 0 Å². The summed E-state index contributed by atoms with van der Waals surface area (Å²) in [5.41, 5.74) is 1.99. The van der Waals surface area contributed by atoms with E-state index in [1.165, 1.54) is 6.07 Å². The van der Waals surface area contributed by atoms with Gasteiger partial charge in [0.1, 0.15) is 5.69 Å². The number of hydrogen-bond acceptors (Lipinski definition) is 8. The molecule has 2 saturated heterocycles. The zero-order valence-corrected chi connectivity index (χ0v) is 21.6. The van der Waals surface area contributed by atoms with Gasteiger partial charge in [-0.2, -0.15) is 0 Å². The first kappa shape index (κ1) is 26.1. The molecule has 0 saturated carbocycles. The molecule has 36 heavy (non-hydrogen) atoms. The van der Waals surface area contributed by atoms with Crippen LogP contribution in [0.4, 0.5) is 22.7 Å². The summed E-state index contributed by atoms with van der Waals surface area (Å²) in [4.78, 5) is 30.6. The van der Waals surface area contributed by atoms with Gasteiger partial charge in [-0.3, -0.25) is 20.2 Å². The summed E-state index contributed by atoms with van der Waals surface area (Å²) in [5.74, 6) is -0.538. The normalized spacial score (nSPS) is 16.5. The number of para-hydroxylation sites is 1. The van der Waals surface area contributed by atoms with E-state index in [2.05, 4.69) is 27.4 Å². The minimum absolute atomic E-state index is 0.0793. The molecule has 2 aliphatic rings. The fraction of sp³-hybridized carbons (Fsp3) is 0.417. The number of nitro benzene ring substituents is 1. The van der Waals surface area contributed by atoms with Crippen LogP contribution in [-0.4, -0.2) is 79.9 Å². The summed E-state index contributed by atoms with van der Waals surface area (Å²) in [5, 5.41) is 18.1. The van der Waals surface area contributed by atoms with E-state index in [0.29, 0.717) is 42.7 Å². The topological polar surface area (TPSA) is 103 Å². The van der Waals surface area contributed by atoms with Crippen molar-refractivity contribution in [1.82, 2.24) is 10.2 Å². The number of halogens is 1. The maximum absolute atomic E-state index is 12.9. The maximum Gasteiger partial charge on any atom is 0.293 e. The number of thiocarbonyl (C=S) groups is 1. The first-order chi connectivity index (χ1) is 17.4. The third-order valence-corrected chi connectivity index (χ3v) is 6.89. The number of nitrogens with one attached hydrogen (secondary N) is 2. The van der Waals surface area contributed by atoms with Crippen LogP contribution in [0.3, 0.4) is 0 Å². The molecule has 2 heterocycles. The molecule has 0 bridgehead atoms. The van der Waals surface area contributed by atoms with Gasteiger partial charge in [0.15, 0.2) is 5.11 Å². The maximum atomic E-state index is 12.9. The Bertz CT molecular complexity index is 1140. The highest BCUT2D eigenvalue weighted by Crippen LogP contribution is 2.35. The highest BCUT2D eigenvalue weighted by atomic mass is 35.5. The summed E-state index contributed by atoms with van der Waals surface area (Å²) >= 11 is 11.9. The Morgan fingerprint density at radius 2 is 1.83 bits per heavy atom. The molecule has 10 nitrogen and oxygen atoms in total. The predicted molar refractivity (Wildman–Crippen MR) is 146 cm³/mol. The molecule has 2 aliphatic heterocycles. The summed E-state index contributed by atoms with van der Waals surface area (Å²) in [6.45, 7) is 8.76. The fourth-order valence-electron chi connectivity index (χ4n) is 4.44. The number of hydrogen-bond donors (Lipinski definition) is 2. The van der Waals surface area contributed by atoms with Crippen molar-refractivity contribution >= 4 is 57.6 Å². The van der Waals surface area contributed by atoms with Crippen molar-refractivity contribution in [1.29, 1.82) is 0 Å². The number of likely N-dealkylation sites (N-methyl/N-ethyl adjacent to an activating group) is 1. The molecule has 0 radical (unpaired) electrons. The lowest BCUT2D eigenvalue weighted by Gasteiger charge is -2.37. The number of carbonyl (C=O) groups excluding carboxylic acids is 1. The molecule has 0 atom stereocenters. The number of benzene rings is 2. The molecule has 0 aromatic heterocycles. The average molecular weight is 533 g/mol. The first-order valence-corrected chi connectivity index (χ1v) is 12.6. The molecule has 2 aromatic carbocycles. The highest BCUT2D eigenvalue weighted by Gasteiger charge is 2.24. The second-order valence-corrected chi connectivity index (χ2v) is 9.34. The van der Waals surface area contributed by atoms with Crippen LogP contribution in [0.2, 0.25) is 5.02 Å². The van der Waals surface area contributed by atoms with E-state index in [1.54, 1.807) is 12.1 Å². The SMILES string of the molecule is CCN1CCN(c2c(Cl)cccc2NC(=S)NC(=O)c2ccc(N3CCOCC3)c([N+](=O)[O-])c2)CC1. The van der Waals surface area contributed by atoms with Crippen molar-refractivity contribution in [3.63, 3.8) is 0 Å². The minimum atomic E-state index is -0.538. The van der Waals surface area contributed by atoms with Crippen LogP contribution in [-0.2, 0) is 4.74 Å². The van der Waals surface area contributed by atoms with Gasteiger partial charge in [0.05, 0.1) is 34.5 Å². The Morgan fingerprint density at radius 1 is 1.11 bits per heavy atom. The van der Waals surface area contributed by atoms with Crippen LogP contribution in [0, 0.1) is 10.1 Å². The van der Waals surface area contributed by atoms with Crippen molar-refractivity contribution in [3.05, 3.63) is 57.1 Å². The zero-order valence-electron chi connectivity index (χ0n) is 20.0. The molecule has 4 rings (SSSR count). The Morgan fingerprint density at radius 3 is 2.50 bits per heavy atom. The molecular formula is C24H29ClN6O4S. The number of carbonyl (C=O) groups is 1. The van der Waals surface area contributed by atoms with Gasteiger partial charge in [0, 0.05) is 50.9 Å². The Kier molecular flexibility index (Phi) is 8.57. The lowest BCUT2D eigenvalue weighted by Crippen LogP contribution is -2.46. The van der Waals surface area contributed by atoms with E-state index in [-0.39, 0.29) is 16.4 Å². The lowest BCUT2D eigenvalue weighted by molar-refractivity contribution is -0.384. The van der Waals surface area contributed by atoms with Crippen molar-refractivity contribution in [3.8, 4) is 0 Å². The molecule has 0 aliphatic carbocycles. The van der Waals surface area contributed by atoms with Crippen LogP contribution >= 0.6 is 23.8 Å². The van der Waals surface area contributed by atoms with E-state index >= 15 is 0 Å². The van der Waals surface area contributed by atoms with E-state index in [4.69, 9.17) is 28.6 Å².